The molecule has 0 bridgehead atoms. The smallest absolute Gasteiger partial charge is 0.270 e. The van der Waals surface area contributed by atoms with Crippen molar-refractivity contribution in [3.8, 4) is 6.07 Å². The molecule has 0 fully saturated rings. The first-order valence-corrected chi connectivity index (χ1v) is 6.50. The van der Waals surface area contributed by atoms with Gasteiger partial charge in [-0.1, -0.05) is 13.0 Å². The Bertz CT molecular complexity index is 686. The largest absolute Gasteiger partial charge is 0.343 e. The minimum atomic E-state index is -0.576. The van der Waals surface area contributed by atoms with Gasteiger partial charge in [-0.3, -0.25) is 4.57 Å². The quantitative estimate of drug-likeness (QED) is 0.929. The van der Waals surface area contributed by atoms with Crippen LogP contribution in [0.15, 0.2) is 33.0 Å². The normalized spacial score (nSPS) is 10.4. The molecular weight excluding hydrogens is 267 g/mol. The molecule has 0 aliphatic rings. The highest BCUT2D eigenvalue weighted by atomic mass is 32.2. The van der Waals surface area contributed by atoms with Crippen LogP contribution in [0.5, 0.6) is 0 Å². The molecule has 1 aromatic carbocycles. The number of benzene rings is 1. The number of hydrogen-bond donors (Lipinski definition) is 1. The van der Waals surface area contributed by atoms with Crippen LogP contribution in [0.4, 0.5) is 4.39 Å². The minimum Gasteiger partial charge on any atom is -0.270 e. The summed E-state index contributed by atoms with van der Waals surface area (Å²) in [5.74, 6) is -0.576. The summed E-state index contributed by atoms with van der Waals surface area (Å²) in [5, 5.41) is 15.6. The fraction of sp³-hybridized carbons (Fsp3) is 0.250. The van der Waals surface area contributed by atoms with E-state index in [1.807, 2.05) is 13.0 Å². The molecule has 1 N–H and O–H groups in total. The third kappa shape index (κ3) is 2.69. The number of nitriles is 1. The van der Waals surface area contributed by atoms with E-state index < -0.39 is 5.82 Å². The molecule has 0 amide bonds. The SMILES string of the molecule is CCCn1c(Sc2cccc(F)c2C#N)n[nH]c1=O. The first kappa shape index (κ1) is 13.4. The number of nitrogens with zero attached hydrogens (tertiary/aromatic N) is 3. The van der Waals surface area contributed by atoms with Crippen LogP contribution in [0.2, 0.25) is 0 Å². The van der Waals surface area contributed by atoms with E-state index >= 15 is 0 Å². The van der Waals surface area contributed by atoms with Crippen molar-refractivity contribution in [3.05, 3.63) is 40.1 Å². The molecule has 0 unspecified atom stereocenters. The molecule has 0 aliphatic heterocycles. The van der Waals surface area contributed by atoms with Gasteiger partial charge in [0.05, 0.1) is 0 Å². The summed E-state index contributed by atoms with van der Waals surface area (Å²) in [6.07, 6.45) is 0.779. The lowest BCUT2D eigenvalue weighted by Crippen LogP contribution is -2.17. The summed E-state index contributed by atoms with van der Waals surface area (Å²) in [6.45, 7) is 2.46. The lowest BCUT2D eigenvalue weighted by Gasteiger charge is -2.05. The summed E-state index contributed by atoms with van der Waals surface area (Å²) < 4.78 is 14.9. The molecule has 0 radical (unpaired) electrons. The van der Waals surface area contributed by atoms with Gasteiger partial charge in [-0.05, 0) is 30.3 Å². The molecule has 0 spiro atoms. The van der Waals surface area contributed by atoms with E-state index in [1.54, 1.807) is 6.07 Å². The van der Waals surface area contributed by atoms with Gasteiger partial charge in [-0.25, -0.2) is 14.3 Å². The van der Waals surface area contributed by atoms with Crippen LogP contribution >= 0.6 is 11.8 Å². The van der Waals surface area contributed by atoms with Crippen molar-refractivity contribution < 1.29 is 4.39 Å². The van der Waals surface area contributed by atoms with Gasteiger partial charge in [0.15, 0.2) is 5.16 Å². The van der Waals surface area contributed by atoms with Gasteiger partial charge in [0, 0.05) is 11.4 Å². The van der Waals surface area contributed by atoms with E-state index in [1.165, 1.54) is 16.7 Å². The predicted octanol–water partition coefficient (Wildman–Crippen LogP) is 2.14. The van der Waals surface area contributed by atoms with E-state index in [9.17, 15) is 9.18 Å². The summed E-state index contributed by atoms with van der Waals surface area (Å²) in [6, 6.07) is 6.20. The van der Waals surface area contributed by atoms with Crippen molar-refractivity contribution in [3.63, 3.8) is 0 Å². The molecule has 2 aromatic rings. The molecule has 5 nitrogen and oxygen atoms in total. The van der Waals surface area contributed by atoms with Crippen LogP contribution in [0.3, 0.4) is 0 Å². The van der Waals surface area contributed by atoms with Gasteiger partial charge in [0.2, 0.25) is 0 Å². The van der Waals surface area contributed by atoms with Crippen molar-refractivity contribution in [2.75, 3.05) is 0 Å². The number of nitrogens with one attached hydrogen (secondary N) is 1. The third-order valence-corrected chi connectivity index (χ3v) is 3.51. The Kier molecular flexibility index (Phi) is 4.02. The molecule has 0 atom stereocenters. The number of rotatable bonds is 4. The van der Waals surface area contributed by atoms with E-state index in [4.69, 9.17) is 5.26 Å². The average Bonchev–Trinajstić information content (AvgIpc) is 2.72. The van der Waals surface area contributed by atoms with E-state index in [0.29, 0.717) is 16.6 Å². The fourth-order valence-electron chi connectivity index (χ4n) is 1.60. The predicted molar refractivity (Wildman–Crippen MR) is 68.4 cm³/mol. The van der Waals surface area contributed by atoms with Gasteiger partial charge >= 0.3 is 5.69 Å². The van der Waals surface area contributed by atoms with E-state index in [-0.39, 0.29) is 11.3 Å². The van der Waals surface area contributed by atoms with Crippen molar-refractivity contribution >= 4 is 11.8 Å². The maximum atomic E-state index is 13.5. The zero-order valence-electron chi connectivity index (χ0n) is 10.2. The highest BCUT2D eigenvalue weighted by molar-refractivity contribution is 7.99. The summed E-state index contributed by atoms with van der Waals surface area (Å²) in [4.78, 5) is 12.0. The third-order valence-electron chi connectivity index (χ3n) is 2.46. The summed E-state index contributed by atoms with van der Waals surface area (Å²) in [7, 11) is 0. The standard InChI is InChI=1S/C12H11FN4OS/c1-2-6-17-11(18)15-16-12(17)19-10-5-3-4-9(13)8(10)7-14/h3-5H,2,6H2,1H3,(H,15,18). The first-order valence-electron chi connectivity index (χ1n) is 5.69. The molecule has 0 saturated heterocycles. The molecule has 2 rings (SSSR count). The fourth-order valence-corrected chi connectivity index (χ4v) is 2.56. The van der Waals surface area contributed by atoms with Gasteiger partial charge in [-0.15, -0.1) is 5.10 Å². The van der Waals surface area contributed by atoms with Crippen LogP contribution < -0.4 is 5.69 Å². The molecule has 98 valence electrons. The van der Waals surface area contributed by atoms with Crippen LogP contribution in [0.1, 0.15) is 18.9 Å². The first-order chi connectivity index (χ1) is 9.17. The van der Waals surface area contributed by atoms with E-state index in [0.717, 1.165) is 18.2 Å². The number of aromatic nitrogens is 3. The van der Waals surface area contributed by atoms with Crippen LogP contribution in [-0.4, -0.2) is 14.8 Å². The van der Waals surface area contributed by atoms with Crippen molar-refractivity contribution in [2.45, 2.75) is 29.9 Å². The average molecular weight is 278 g/mol. The van der Waals surface area contributed by atoms with Gasteiger partial charge in [0.1, 0.15) is 17.4 Å². The minimum absolute atomic E-state index is 0.0361. The van der Waals surface area contributed by atoms with Crippen molar-refractivity contribution in [1.82, 2.24) is 14.8 Å². The Hall–Kier alpha value is -2.07. The van der Waals surface area contributed by atoms with Crippen LogP contribution in [0.25, 0.3) is 0 Å². The van der Waals surface area contributed by atoms with Gasteiger partial charge in [0.25, 0.3) is 0 Å². The molecule has 0 aliphatic carbocycles. The lowest BCUT2D eigenvalue weighted by atomic mass is 10.2. The second-order valence-corrected chi connectivity index (χ2v) is 4.80. The number of halogens is 1. The molecule has 1 heterocycles. The second kappa shape index (κ2) is 5.71. The molecule has 19 heavy (non-hydrogen) atoms. The number of aromatic amines is 1. The summed E-state index contributed by atoms with van der Waals surface area (Å²) in [5.41, 5.74) is -0.342. The number of hydrogen-bond acceptors (Lipinski definition) is 4. The maximum absolute atomic E-state index is 13.5. The topological polar surface area (TPSA) is 74.5 Å². The zero-order valence-corrected chi connectivity index (χ0v) is 11.0. The Balaban J connectivity index is 2.40. The Morgan fingerprint density at radius 3 is 3.05 bits per heavy atom. The lowest BCUT2D eigenvalue weighted by molar-refractivity contribution is 0.603. The number of H-pyrrole nitrogens is 1. The van der Waals surface area contributed by atoms with Crippen LogP contribution in [0, 0.1) is 17.1 Å². The van der Waals surface area contributed by atoms with Gasteiger partial charge in [-0.2, -0.15) is 5.26 Å². The van der Waals surface area contributed by atoms with Gasteiger partial charge < -0.3 is 0 Å². The van der Waals surface area contributed by atoms with Crippen molar-refractivity contribution in [2.24, 2.45) is 0 Å². The molecule has 0 saturated carbocycles. The molecule has 7 heteroatoms. The zero-order chi connectivity index (χ0) is 13.8. The van der Waals surface area contributed by atoms with E-state index in [2.05, 4.69) is 10.2 Å². The molecular formula is C12H11FN4OS. The Morgan fingerprint density at radius 1 is 1.58 bits per heavy atom. The Labute approximate surface area is 113 Å². The highest BCUT2D eigenvalue weighted by Crippen LogP contribution is 2.29. The highest BCUT2D eigenvalue weighted by Gasteiger charge is 2.14. The van der Waals surface area contributed by atoms with Crippen molar-refractivity contribution in [1.29, 1.82) is 5.26 Å². The second-order valence-electron chi connectivity index (χ2n) is 3.79. The maximum Gasteiger partial charge on any atom is 0.343 e. The van der Waals surface area contributed by atoms with Crippen LogP contribution in [-0.2, 0) is 6.54 Å². The monoisotopic (exact) mass is 278 g/mol. The summed E-state index contributed by atoms with van der Waals surface area (Å²) >= 11 is 1.10. The Morgan fingerprint density at radius 2 is 2.37 bits per heavy atom. The molecule has 1 aromatic heterocycles.